The minimum Gasteiger partial charge on any atom is -0.456 e. The number of fused-ring (bicyclic) bond motifs is 9. The van der Waals surface area contributed by atoms with Crippen LogP contribution in [0.1, 0.15) is 49.9 Å². The van der Waals surface area contributed by atoms with Crippen molar-refractivity contribution in [2.24, 2.45) is 0 Å². The topological polar surface area (TPSA) is 16.4 Å². The maximum atomic E-state index is 6.41. The van der Waals surface area contributed by atoms with Gasteiger partial charge in [-0.1, -0.05) is 161 Å². The SMILES string of the molecule is CC1(C)c2ccccc2-c2c(-c3ccc(N(c4ccccc4-c4ccc5c(c4)oc4ccccc45)c4cccc5c4-c4ccccc4C5(C)C)cc3)cccc21. The summed E-state index contributed by atoms with van der Waals surface area (Å²) in [5, 5.41) is 2.27. The molecule has 2 aliphatic carbocycles. The summed E-state index contributed by atoms with van der Waals surface area (Å²) in [6, 6.07) is 64.6. The second-order valence-electron chi connectivity index (χ2n) is 16.5. The molecule has 2 nitrogen and oxygen atoms in total. The highest BCUT2D eigenvalue weighted by molar-refractivity contribution is 6.07. The van der Waals surface area contributed by atoms with Gasteiger partial charge < -0.3 is 9.32 Å². The van der Waals surface area contributed by atoms with E-state index < -0.39 is 0 Å². The molecule has 11 rings (SSSR count). The molecule has 0 amide bonds. The Morgan fingerprint density at radius 2 is 0.893 bits per heavy atom. The van der Waals surface area contributed by atoms with E-state index in [4.69, 9.17) is 4.42 Å². The largest absolute Gasteiger partial charge is 0.456 e. The summed E-state index contributed by atoms with van der Waals surface area (Å²) in [5.74, 6) is 0. The number of anilines is 3. The van der Waals surface area contributed by atoms with Gasteiger partial charge in [0.05, 0.1) is 11.4 Å². The molecule has 2 heteroatoms. The van der Waals surface area contributed by atoms with E-state index in [0.717, 1.165) is 44.4 Å². The van der Waals surface area contributed by atoms with Gasteiger partial charge in [0.1, 0.15) is 11.2 Å². The molecule has 0 N–H and O–H groups in total. The van der Waals surface area contributed by atoms with Crippen LogP contribution in [-0.4, -0.2) is 0 Å². The molecular formula is C54H41NO. The van der Waals surface area contributed by atoms with E-state index in [-0.39, 0.29) is 10.8 Å². The number of hydrogen-bond acceptors (Lipinski definition) is 2. The van der Waals surface area contributed by atoms with Crippen LogP contribution in [0.4, 0.5) is 17.1 Å². The molecule has 0 saturated heterocycles. The first-order chi connectivity index (χ1) is 27.3. The molecule has 1 heterocycles. The second-order valence-corrected chi connectivity index (χ2v) is 16.5. The third-order valence-electron chi connectivity index (χ3n) is 12.7. The molecule has 2 aliphatic rings. The van der Waals surface area contributed by atoms with Crippen molar-refractivity contribution >= 4 is 39.0 Å². The van der Waals surface area contributed by atoms with Crippen molar-refractivity contribution in [3.05, 3.63) is 198 Å². The first-order valence-corrected chi connectivity index (χ1v) is 19.7. The average molecular weight is 720 g/mol. The zero-order chi connectivity index (χ0) is 37.8. The normalized spacial score (nSPS) is 14.4. The minimum absolute atomic E-state index is 0.0501. The Hall–Kier alpha value is -6.64. The maximum Gasteiger partial charge on any atom is 0.136 e. The Kier molecular flexibility index (Phi) is 6.98. The molecule has 0 atom stereocenters. The van der Waals surface area contributed by atoms with E-state index in [2.05, 4.69) is 196 Å². The van der Waals surface area contributed by atoms with Crippen LogP contribution in [0.15, 0.2) is 180 Å². The van der Waals surface area contributed by atoms with Gasteiger partial charge in [0, 0.05) is 38.4 Å². The second kappa shape index (κ2) is 11.9. The molecule has 0 spiro atoms. The summed E-state index contributed by atoms with van der Waals surface area (Å²) in [6.07, 6.45) is 0. The van der Waals surface area contributed by atoms with Crippen LogP contribution >= 0.6 is 0 Å². The van der Waals surface area contributed by atoms with Crippen LogP contribution in [0.2, 0.25) is 0 Å². The van der Waals surface area contributed by atoms with Crippen molar-refractivity contribution in [1.82, 2.24) is 0 Å². The minimum atomic E-state index is -0.124. The molecular weight excluding hydrogens is 679 g/mol. The van der Waals surface area contributed by atoms with Crippen molar-refractivity contribution in [2.45, 2.75) is 38.5 Å². The van der Waals surface area contributed by atoms with Crippen molar-refractivity contribution in [3.8, 4) is 44.5 Å². The number of para-hydroxylation sites is 2. The van der Waals surface area contributed by atoms with Crippen LogP contribution in [0.25, 0.3) is 66.4 Å². The molecule has 0 unspecified atom stereocenters. The fraction of sp³-hybridized carbons (Fsp3) is 0.111. The Morgan fingerprint density at radius 1 is 0.375 bits per heavy atom. The molecule has 0 bridgehead atoms. The zero-order valence-corrected chi connectivity index (χ0v) is 32.1. The van der Waals surface area contributed by atoms with E-state index in [9.17, 15) is 0 Å². The summed E-state index contributed by atoms with van der Waals surface area (Å²) in [4.78, 5) is 2.48. The molecule has 1 aromatic heterocycles. The monoisotopic (exact) mass is 719 g/mol. The first-order valence-electron chi connectivity index (χ1n) is 19.7. The van der Waals surface area contributed by atoms with Crippen LogP contribution in [0.5, 0.6) is 0 Å². The van der Waals surface area contributed by atoms with Crippen LogP contribution in [-0.2, 0) is 10.8 Å². The number of benzene rings is 8. The molecule has 268 valence electrons. The Morgan fingerprint density at radius 3 is 1.64 bits per heavy atom. The van der Waals surface area contributed by atoms with Crippen molar-refractivity contribution in [2.75, 3.05) is 4.90 Å². The third kappa shape index (κ3) is 4.62. The van der Waals surface area contributed by atoms with E-state index in [1.165, 1.54) is 61.3 Å². The lowest BCUT2D eigenvalue weighted by Crippen LogP contribution is -2.16. The predicted molar refractivity (Wildman–Crippen MR) is 234 cm³/mol. The van der Waals surface area contributed by atoms with Gasteiger partial charge in [0.2, 0.25) is 0 Å². The molecule has 0 fully saturated rings. The summed E-state index contributed by atoms with van der Waals surface area (Å²) in [5.41, 5.74) is 20.5. The Bertz CT molecular complexity index is 3030. The van der Waals surface area contributed by atoms with E-state index >= 15 is 0 Å². The van der Waals surface area contributed by atoms with Crippen molar-refractivity contribution < 1.29 is 4.42 Å². The van der Waals surface area contributed by atoms with Gasteiger partial charge in [-0.2, -0.15) is 0 Å². The van der Waals surface area contributed by atoms with Gasteiger partial charge in [0.15, 0.2) is 0 Å². The quantitative estimate of drug-likeness (QED) is 0.176. The summed E-state index contributed by atoms with van der Waals surface area (Å²) in [6.45, 7) is 9.41. The molecule has 0 aliphatic heterocycles. The predicted octanol–water partition coefficient (Wildman–Crippen LogP) is 15.0. The molecule has 0 radical (unpaired) electrons. The average Bonchev–Trinajstić information content (AvgIpc) is 3.81. The molecule has 56 heavy (non-hydrogen) atoms. The van der Waals surface area contributed by atoms with Crippen LogP contribution < -0.4 is 4.90 Å². The lowest BCUT2D eigenvalue weighted by atomic mass is 9.82. The molecule has 8 aromatic carbocycles. The number of nitrogens with zero attached hydrogens (tertiary/aromatic N) is 1. The highest BCUT2D eigenvalue weighted by Gasteiger charge is 2.39. The highest BCUT2D eigenvalue weighted by atomic mass is 16.3. The zero-order valence-electron chi connectivity index (χ0n) is 32.1. The standard InChI is InChI=1S/C54H41NO/c1-53(2)43-20-9-5-17-41(43)51-38(19-13-22-45(51)53)34-27-30-36(31-28-34)55(48-25-14-23-46-52(48)42-18-6-10-21-44(42)54(46,3)4)47-24-11-7-15-37(47)35-29-32-40-39-16-8-12-26-49(39)56-50(40)33-35/h5-33H,1-4H3. The van der Waals surface area contributed by atoms with Gasteiger partial charge in [-0.25, -0.2) is 0 Å². The fourth-order valence-corrected chi connectivity index (χ4v) is 9.92. The van der Waals surface area contributed by atoms with E-state index in [1.54, 1.807) is 0 Å². The van der Waals surface area contributed by atoms with Crippen LogP contribution in [0, 0.1) is 0 Å². The lowest BCUT2D eigenvalue weighted by Gasteiger charge is -2.30. The van der Waals surface area contributed by atoms with Crippen LogP contribution in [0.3, 0.4) is 0 Å². The summed E-state index contributed by atoms with van der Waals surface area (Å²) >= 11 is 0. The Balaban J connectivity index is 1.12. The van der Waals surface area contributed by atoms with Crippen molar-refractivity contribution in [3.63, 3.8) is 0 Å². The molecule has 9 aromatic rings. The van der Waals surface area contributed by atoms with E-state index in [1.807, 2.05) is 12.1 Å². The van der Waals surface area contributed by atoms with Gasteiger partial charge in [0.25, 0.3) is 0 Å². The number of rotatable bonds is 5. The Labute approximate surface area is 328 Å². The van der Waals surface area contributed by atoms with Gasteiger partial charge in [-0.15, -0.1) is 0 Å². The van der Waals surface area contributed by atoms with E-state index in [0.29, 0.717) is 0 Å². The number of hydrogen-bond donors (Lipinski definition) is 0. The fourth-order valence-electron chi connectivity index (χ4n) is 9.92. The lowest BCUT2D eigenvalue weighted by molar-refractivity contribution is 0.660. The molecule has 0 saturated carbocycles. The summed E-state index contributed by atoms with van der Waals surface area (Å²) in [7, 11) is 0. The number of furan rings is 1. The maximum absolute atomic E-state index is 6.41. The van der Waals surface area contributed by atoms with Gasteiger partial charge >= 0.3 is 0 Å². The van der Waals surface area contributed by atoms with Crippen molar-refractivity contribution in [1.29, 1.82) is 0 Å². The van der Waals surface area contributed by atoms with Gasteiger partial charge in [-0.3, -0.25) is 0 Å². The van der Waals surface area contributed by atoms with Gasteiger partial charge in [-0.05, 0) is 98.1 Å². The summed E-state index contributed by atoms with van der Waals surface area (Å²) < 4.78 is 6.41. The smallest absolute Gasteiger partial charge is 0.136 e. The first kappa shape index (κ1) is 32.8. The third-order valence-corrected chi connectivity index (χ3v) is 12.7. The highest BCUT2D eigenvalue weighted by Crippen LogP contribution is 2.56.